The predicted octanol–water partition coefficient (Wildman–Crippen LogP) is 4.47. The van der Waals surface area contributed by atoms with Crippen LogP contribution in [0.2, 0.25) is 0 Å². The summed E-state index contributed by atoms with van der Waals surface area (Å²) >= 11 is 0. The number of nitrogens with one attached hydrogen (secondary N) is 1. The Morgan fingerprint density at radius 3 is 2.65 bits per heavy atom. The summed E-state index contributed by atoms with van der Waals surface area (Å²) in [5.74, 6) is 1.39. The zero-order valence-electron chi connectivity index (χ0n) is 17.3. The summed E-state index contributed by atoms with van der Waals surface area (Å²) in [5.41, 5.74) is 2.51. The summed E-state index contributed by atoms with van der Waals surface area (Å²) in [7, 11) is 1.39. The number of hydrogen-bond acceptors (Lipinski definition) is 7. The van der Waals surface area contributed by atoms with E-state index in [1.165, 1.54) is 13.2 Å². The summed E-state index contributed by atoms with van der Waals surface area (Å²) in [6, 6.07) is 8.54. The molecule has 7 nitrogen and oxygen atoms in total. The lowest BCUT2D eigenvalue weighted by Crippen LogP contribution is -2.04. The molecule has 160 valence electrons. The molecule has 0 amide bonds. The second-order valence-corrected chi connectivity index (χ2v) is 7.04. The lowest BCUT2D eigenvalue weighted by Gasteiger charge is -2.11. The molecule has 0 atom stereocenters. The fourth-order valence-electron chi connectivity index (χ4n) is 3.28. The molecule has 0 saturated carbocycles. The number of benzene rings is 2. The Kier molecular flexibility index (Phi) is 5.97. The number of aryl methyl sites for hydroxylation is 2. The number of nitrogens with zero attached hydrogens (tertiary/aromatic N) is 2. The first-order valence-corrected chi connectivity index (χ1v) is 9.94. The Morgan fingerprint density at radius 2 is 1.90 bits per heavy atom. The van der Waals surface area contributed by atoms with Crippen molar-refractivity contribution in [1.82, 2.24) is 9.97 Å². The van der Waals surface area contributed by atoms with Crippen LogP contribution in [0, 0.1) is 5.82 Å². The van der Waals surface area contributed by atoms with E-state index in [-0.39, 0.29) is 18.3 Å². The number of carbonyl (C=O) groups excluding carboxylic acids is 1. The monoisotopic (exact) mass is 423 g/mol. The van der Waals surface area contributed by atoms with Crippen molar-refractivity contribution in [3.8, 4) is 17.2 Å². The zero-order chi connectivity index (χ0) is 21.8. The molecule has 1 aliphatic rings. The minimum atomic E-state index is -0.447. The third-order valence-corrected chi connectivity index (χ3v) is 4.99. The summed E-state index contributed by atoms with van der Waals surface area (Å²) in [5, 5.41) is 3.11. The third-order valence-electron chi connectivity index (χ3n) is 4.99. The zero-order valence-corrected chi connectivity index (χ0v) is 17.3. The van der Waals surface area contributed by atoms with Crippen LogP contribution in [0.1, 0.15) is 34.8 Å². The third kappa shape index (κ3) is 4.58. The van der Waals surface area contributed by atoms with E-state index in [1.54, 1.807) is 25.4 Å². The molecular weight excluding hydrogens is 401 g/mol. The van der Waals surface area contributed by atoms with Crippen LogP contribution in [0.25, 0.3) is 0 Å². The number of fused-ring (bicyclic) bond motifs is 1. The van der Waals surface area contributed by atoms with Gasteiger partial charge in [0, 0.05) is 36.1 Å². The smallest absolute Gasteiger partial charge is 0.231 e. The van der Waals surface area contributed by atoms with Crippen LogP contribution in [0.15, 0.2) is 42.7 Å². The molecule has 8 heteroatoms. The van der Waals surface area contributed by atoms with Crippen LogP contribution in [-0.4, -0.2) is 29.7 Å². The number of halogens is 1. The van der Waals surface area contributed by atoms with Gasteiger partial charge in [-0.15, -0.1) is 0 Å². The number of ether oxygens (including phenoxy) is 3. The summed E-state index contributed by atoms with van der Waals surface area (Å²) in [6.07, 6.45) is 4.65. The number of carbonyl (C=O) groups is 1. The fraction of sp³-hybridized carbons (Fsp3) is 0.261. The lowest BCUT2D eigenvalue weighted by atomic mass is 10.00. The van der Waals surface area contributed by atoms with Crippen molar-refractivity contribution >= 4 is 17.4 Å². The predicted molar refractivity (Wildman–Crippen MR) is 113 cm³/mol. The van der Waals surface area contributed by atoms with Crippen molar-refractivity contribution in [2.24, 2.45) is 0 Å². The quantitative estimate of drug-likeness (QED) is 0.535. The number of rotatable bonds is 8. The van der Waals surface area contributed by atoms with E-state index in [1.807, 2.05) is 18.2 Å². The SMILES string of the molecule is CCC(=O)c1cc(CCc2cnc(Nc3ccc4c(c3)OCO4)nc2)c(F)c(OC)c1. The molecule has 4 rings (SSSR count). The fourth-order valence-corrected chi connectivity index (χ4v) is 3.28. The van der Waals surface area contributed by atoms with Crippen molar-refractivity contribution in [2.75, 3.05) is 19.2 Å². The average molecular weight is 423 g/mol. The second-order valence-electron chi connectivity index (χ2n) is 7.04. The molecule has 0 spiro atoms. The van der Waals surface area contributed by atoms with Crippen LogP contribution in [0.5, 0.6) is 17.2 Å². The maximum atomic E-state index is 14.6. The molecular formula is C23H22FN3O4. The van der Waals surface area contributed by atoms with Crippen LogP contribution in [0.4, 0.5) is 16.0 Å². The van der Waals surface area contributed by atoms with Crippen LogP contribution >= 0.6 is 0 Å². The van der Waals surface area contributed by atoms with Gasteiger partial charge >= 0.3 is 0 Å². The molecule has 0 bridgehead atoms. The van der Waals surface area contributed by atoms with Gasteiger partial charge in [0.2, 0.25) is 12.7 Å². The van der Waals surface area contributed by atoms with Crippen LogP contribution in [-0.2, 0) is 12.8 Å². The molecule has 0 fully saturated rings. The van der Waals surface area contributed by atoms with Gasteiger partial charge in [-0.25, -0.2) is 14.4 Å². The van der Waals surface area contributed by atoms with Crippen molar-refractivity contribution in [3.63, 3.8) is 0 Å². The maximum absolute atomic E-state index is 14.6. The van der Waals surface area contributed by atoms with Gasteiger partial charge in [-0.2, -0.15) is 0 Å². The average Bonchev–Trinajstić information content (AvgIpc) is 3.26. The van der Waals surface area contributed by atoms with Gasteiger partial charge in [0.05, 0.1) is 7.11 Å². The highest BCUT2D eigenvalue weighted by atomic mass is 19.1. The molecule has 0 aliphatic carbocycles. The Morgan fingerprint density at radius 1 is 1.13 bits per heavy atom. The van der Waals surface area contributed by atoms with Gasteiger partial charge in [-0.05, 0) is 48.2 Å². The van der Waals surface area contributed by atoms with Gasteiger partial charge in [0.15, 0.2) is 28.8 Å². The molecule has 2 heterocycles. The number of aromatic nitrogens is 2. The van der Waals surface area contributed by atoms with E-state index in [9.17, 15) is 9.18 Å². The van der Waals surface area contributed by atoms with Gasteiger partial charge in [-0.3, -0.25) is 4.79 Å². The Labute approximate surface area is 179 Å². The van der Waals surface area contributed by atoms with Crippen LogP contribution < -0.4 is 19.5 Å². The molecule has 1 aromatic heterocycles. The number of hydrogen-bond donors (Lipinski definition) is 1. The van der Waals surface area contributed by atoms with E-state index in [4.69, 9.17) is 14.2 Å². The summed E-state index contributed by atoms with van der Waals surface area (Å²) in [4.78, 5) is 20.7. The highest BCUT2D eigenvalue weighted by molar-refractivity contribution is 5.96. The highest BCUT2D eigenvalue weighted by Crippen LogP contribution is 2.34. The first kappa shape index (κ1) is 20.6. The minimum Gasteiger partial charge on any atom is -0.494 e. The van der Waals surface area contributed by atoms with Crippen LogP contribution in [0.3, 0.4) is 0 Å². The largest absolute Gasteiger partial charge is 0.494 e. The highest BCUT2D eigenvalue weighted by Gasteiger charge is 2.16. The van der Waals surface area contributed by atoms with Crippen molar-refractivity contribution in [1.29, 1.82) is 0 Å². The Balaban J connectivity index is 1.43. The minimum absolute atomic E-state index is 0.0539. The lowest BCUT2D eigenvalue weighted by molar-refractivity contribution is 0.0987. The first-order valence-electron chi connectivity index (χ1n) is 9.94. The van der Waals surface area contributed by atoms with E-state index >= 15 is 0 Å². The van der Waals surface area contributed by atoms with Crippen molar-refractivity contribution in [2.45, 2.75) is 26.2 Å². The first-order chi connectivity index (χ1) is 15.1. The number of Topliss-reactive ketones (excluding diaryl/α,β-unsaturated/α-hetero) is 1. The molecule has 0 unspecified atom stereocenters. The van der Waals surface area contributed by atoms with E-state index in [0.717, 1.165) is 11.3 Å². The van der Waals surface area contributed by atoms with Gasteiger partial charge in [0.25, 0.3) is 0 Å². The standard InChI is InChI=1S/C23H22FN3O4/c1-3-18(28)16-8-15(22(24)21(9-16)29-2)5-4-14-11-25-23(26-12-14)27-17-6-7-19-20(10-17)31-13-30-19/h6-12H,3-5,13H2,1-2H3,(H,25,26,27). The summed E-state index contributed by atoms with van der Waals surface area (Å²) < 4.78 is 30.4. The Bertz CT molecular complexity index is 1100. The van der Waals surface area contributed by atoms with Gasteiger partial charge in [0.1, 0.15) is 0 Å². The molecule has 2 aromatic carbocycles. The molecule has 0 saturated heterocycles. The topological polar surface area (TPSA) is 82.6 Å². The molecule has 0 radical (unpaired) electrons. The molecule has 31 heavy (non-hydrogen) atoms. The van der Waals surface area contributed by atoms with E-state index < -0.39 is 5.82 Å². The van der Waals surface area contributed by atoms with Crippen molar-refractivity contribution in [3.05, 3.63) is 65.2 Å². The van der Waals surface area contributed by atoms with E-state index in [0.29, 0.717) is 47.8 Å². The van der Waals surface area contributed by atoms with Crippen molar-refractivity contribution < 1.29 is 23.4 Å². The number of methoxy groups -OCH3 is 1. The number of anilines is 2. The summed E-state index contributed by atoms with van der Waals surface area (Å²) in [6.45, 7) is 1.99. The molecule has 1 aliphatic heterocycles. The van der Waals surface area contributed by atoms with Gasteiger partial charge in [-0.1, -0.05) is 6.92 Å². The van der Waals surface area contributed by atoms with E-state index in [2.05, 4.69) is 15.3 Å². The normalized spacial score (nSPS) is 12.0. The second kappa shape index (κ2) is 8.99. The maximum Gasteiger partial charge on any atom is 0.231 e. The molecule has 3 aromatic rings. The van der Waals surface area contributed by atoms with Gasteiger partial charge < -0.3 is 19.5 Å². The number of ketones is 1. The molecule has 1 N–H and O–H groups in total. The Hall–Kier alpha value is -3.68.